The van der Waals surface area contributed by atoms with Gasteiger partial charge in [-0.2, -0.15) is 5.26 Å². The standard InChI is InChI=1S/C15H15N3O2S/c1-10-3-5-18(15(20)12(10)7-16)9-14(19)17-8-13-11(2)4-6-21-13/h3-6H,8-9H2,1-2H3,(H,17,19). The number of thiophene rings is 1. The van der Waals surface area contributed by atoms with Crippen LogP contribution in [0.25, 0.3) is 0 Å². The van der Waals surface area contributed by atoms with Crippen LogP contribution >= 0.6 is 11.3 Å². The van der Waals surface area contributed by atoms with Crippen molar-refractivity contribution in [2.24, 2.45) is 0 Å². The number of rotatable bonds is 4. The molecule has 2 aromatic rings. The quantitative estimate of drug-likeness (QED) is 0.934. The van der Waals surface area contributed by atoms with E-state index in [0.29, 0.717) is 12.1 Å². The van der Waals surface area contributed by atoms with E-state index in [9.17, 15) is 9.59 Å². The van der Waals surface area contributed by atoms with Crippen LogP contribution in [0.15, 0.2) is 28.5 Å². The highest BCUT2D eigenvalue weighted by molar-refractivity contribution is 7.10. The third-order valence-corrected chi connectivity index (χ3v) is 4.24. The minimum absolute atomic E-state index is 0.0828. The van der Waals surface area contributed by atoms with Crippen molar-refractivity contribution in [2.45, 2.75) is 26.9 Å². The first-order valence-electron chi connectivity index (χ1n) is 6.42. The molecular weight excluding hydrogens is 286 g/mol. The van der Waals surface area contributed by atoms with Crippen LogP contribution in [0.3, 0.4) is 0 Å². The van der Waals surface area contributed by atoms with Crippen molar-refractivity contribution >= 4 is 17.2 Å². The zero-order valence-electron chi connectivity index (χ0n) is 11.8. The molecule has 0 bridgehead atoms. The van der Waals surface area contributed by atoms with E-state index in [4.69, 9.17) is 5.26 Å². The second kappa shape index (κ2) is 6.37. The maximum atomic E-state index is 12.0. The van der Waals surface area contributed by atoms with Gasteiger partial charge in [0.1, 0.15) is 18.2 Å². The first-order chi connectivity index (χ1) is 10.0. The fraction of sp³-hybridized carbons (Fsp3) is 0.267. The highest BCUT2D eigenvalue weighted by Crippen LogP contribution is 2.14. The Morgan fingerprint density at radius 3 is 2.76 bits per heavy atom. The van der Waals surface area contributed by atoms with E-state index in [2.05, 4.69) is 5.32 Å². The largest absolute Gasteiger partial charge is 0.350 e. The summed E-state index contributed by atoms with van der Waals surface area (Å²) in [5.74, 6) is -0.252. The molecule has 5 nitrogen and oxygen atoms in total. The molecule has 0 radical (unpaired) electrons. The molecule has 0 aromatic carbocycles. The summed E-state index contributed by atoms with van der Waals surface area (Å²) in [4.78, 5) is 25.0. The topological polar surface area (TPSA) is 74.9 Å². The van der Waals surface area contributed by atoms with Gasteiger partial charge in [-0.05, 0) is 42.5 Å². The van der Waals surface area contributed by atoms with E-state index in [1.807, 2.05) is 24.4 Å². The number of aromatic nitrogens is 1. The molecule has 0 spiro atoms. The van der Waals surface area contributed by atoms with Crippen LogP contribution in [0.1, 0.15) is 21.6 Å². The lowest BCUT2D eigenvalue weighted by Crippen LogP contribution is -2.32. The number of pyridine rings is 1. The summed E-state index contributed by atoms with van der Waals surface area (Å²) in [7, 11) is 0. The molecule has 0 saturated carbocycles. The van der Waals surface area contributed by atoms with Gasteiger partial charge in [0, 0.05) is 11.1 Å². The van der Waals surface area contributed by atoms with Gasteiger partial charge in [0.05, 0.1) is 6.54 Å². The van der Waals surface area contributed by atoms with Crippen LogP contribution in [0, 0.1) is 25.2 Å². The maximum Gasteiger partial charge on any atom is 0.269 e. The molecular formula is C15H15N3O2S. The van der Waals surface area contributed by atoms with Gasteiger partial charge in [-0.25, -0.2) is 0 Å². The normalized spacial score (nSPS) is 10.1. The fourth-order valence-corrected chi connectivity index (χ4v) is 2.75. The van der Waals surface area contributed by atoms with Crippen molar-refractivity contribution in [3.8, 4) is 6.07 Å². The van der Waals surface area contributed by atoms with Crippen molar-refractivity contribution in [3.63, 3.8) is 0 Å². The van der Waals surface area contributed by atoms with Crippen molar-refractivity contribution in [1.29, 1.82) is 5.26 Å². The monoisotopic (exact) mass is 301 g/mol. The van der Waals surface area contributed by atoms with E-state index in [1.165, 1.54) is 10.8 Å². The van der Waals surface area contributed by atoms with E-state index in [0.717, 1.165) is 10.4 Å². The molecule has 0 saturated heterocycles. The first-order valence-corrected chi connectivity index (χ1v) is 7.30. The van der Waals surface area contributed by atoms with Gasteiger partial charge in [0.25, 0.3) is 5.56 Å². The molecule has 6 heteroatoms. The molecule has 0 aliphatic rings. The van der Waals surface area contributed by atoms with E-state index < -0.39 is 5.56 Å². The predicted molar refractivity (Wildman–Crippen MR) is 81.1 cm³/mol. The number of nitrogens with zero attached hydrogens (tertiary/aromatic N) is 2. The van der Waals surface area contributed by atoms with Crippen molar-refractivity contribution in [1.82, 2.24) is 9.88 Å². The third kappa shape index (κ3) is 3.38. The lowest BCUT2D eigenvalue weighted by molar-refractivity contribution is -0.121. The maximum absolute atomic E-state index is 12.0. The highest BCUT2D eigenvalue weighted by Gasteiger charge is 2.10. The van der Waals surface area contributed by atoms with Gasteiger partial charge in [-0.15, -0.1) is 11.3 Å². The summed E-state index contributed by atoms with van der Waals surface area (Å²) in [6.07, 6.45) is 1.54. The van der Waals surface area contributed by atoms with E-state index >= 15 is 0 Å². The molecule has 1 amide bonds. The number of nitrogens with one attached hydrogen (secondary N) is 1. The number of carbonyl (C=O) groups excluding carboxylic acids is 1. The third-order valence-electron chi connectivity index (χ3n) is 3.21. The fourth-order valence-electron chi connectivity index (χ4n) is 1.90. The Morgan fingerprint density at radius 1 is 1.38 bits per heavy atom. The summed E-state index contributed by atoms with van der Waals surface area (Å²) in [5.41, 5.74) is 1.41. The molecule has 0 fully saturated rings. The lowest BCUT2D eigenvalue weighted by Gasteiger charge is -2.08. The lowest BCUT2D eigenvalue weighted by atomic mass is 10.2. The Bertz CT molecular complexity index is 768. The Kier molecular flexibility index (Phi) is 4.55. The van der Waals surface area contributed by atoms with Crippen molar-refractivity contribution in [3.05, 3.63) is 55.6 Å². The van der Waals surface area contributed by atoms with Crippen LogP contribution < -0.4 is 10.9 Å². The number of aryl methyl sites for hydroxylation is 2. The molecule has 0 aliphatic heterocycles. The molecule has 21 heavy (non-hydrogen) atoms. The molecule has 2 aromatic heterocycles. The SMILES string of the molecule is Cc1ccsc1CNC(=O)Cn1ccc(C)c(C#N)c1=O. The molecule has 2 heterocycles. The minimum atomic E-state index is -0.431. The van der Waals surface area contributed by atoms with Gasteiger partial charge >= 0.3 is 0 Å². The van der Waals surface area contributed by atoms with Crippen LogP contribution in [0.5, 0.6) is 0 Å². The zero-order valence-corrected chi connectivity index (χ0v) is 12.7. The molecule has 1 N–H and O–H groups in total. The van der Waals surface area contributed by atoms with Gasteiger partial charge < -0.3 is 9.88 Å². The Morgan fingerprint density at radius 2 is 2.14 bits per heavy atom. The average molecular weight is 301 g/mol. The van der Waals surface area contributed by atoms with Crippen LogP contribution in [-0.2, 0) is 17.9 Å². The number of hydrogen-bond donors (Lipinski definition) is 1. The summed E-state index contributed by atoms with van der Waals surface area (Å²) < 4.78 is 1.25. The minimum Gasteiger partial charge on any atom is -0.350 e. The smallest absolute Gasteiger partial charge is 0.269 e. The molecule has 0 atom stereocenters. The van der Waals surface area contributed by atoms with Crippen LogP contribution in [0.2, 0.25) is 0 Å². The van der Waals surface area contributed by atoms with Gasteiger partial charge in [0.2, 0.25) is 5.91 Å². The van der Waals surface area contributed by atoms with Gasteiger partial charge in [0.15, 0.2) is 0 Å². The summed E-state index contributed by atoms with van der Waals surface area (Å²) in [5, 5.41) is 13.7. The second-order valence-electron chi connectivity index (χ2n) is 4.72. The average Bonchev–Trinajstić information content (AvgIpc) is 2.86. The van der Waals surface area contributed by atoms with Crippen LogP contribution in [-0.4, -0.2) is 10.5 Å². The van der Waals surface area contributed by atoms with Crippen molar-refractivity contribution < 1.29 is 4.79 Å². The highest BCUT2D eigenvalue weighted by atomic mass is 32.1. The summed E-state index contributed by atoms with van der Waals surface area (Å²) in [6, 6.07) is 5.53. The van der Waals surface area contributed by atoms with Crippen LogP contribution in [0.4, 0.5) is 0 Å². The van der Waals surface area contributed by atoms with Gasteiger partial charge in [-0.3, -0.25) is 9.59 Å². The Hall–Kier alpha value is -2.39. The Labute approximate surface area is 126 Å². The Balaban J connectivity index is 2.06. The van der Waals surface area contributed by atoms with E-state index in [1.54, 1.807) is 24.3 Å². The van der Waals surface area contributed by atoms with E-state index in [-0.39, 0.29) is 18.0 Å². The number of carbonyl (C=O) groups is 1. The zero-order chi connectivity index (χ0) is 15.4. The molecule has 2 rings (SSSR count). The predicted octanol–water partition coefficient (Wildman–Crippen LogP) is 1.71. The first kappa shape index (κ1) is 15.0. The number of nitriles is 1. The second-order valence-corrected chi connectivity index (χ2v) is 5.72. The molecule has 0 unspecified atom stereocenters. The summed E-state index contributed by atoms with van der Waals surface area (Å²) in [6.45, 7) is 4.05. The summed E-state index contributed by atoms with van der Waals surface area (Å²) >= 11 is 1.58. The molecule has 0 aliphatic carbocycles. The number of amides is 1. The van der Waals surface area contributed by atoms with Gasteiger partial charge in [-0.1, -0.05) is 0 Å². The molecule has 108 valence electrons. The van der Waals surface area contributed by atoms with Crippen molar-refractivity contribution in [2.75, 3.05) is 0 Å². The number of hydrogen-bond acceptors (Lipinski definition) is 4.